The van der Waals surface area contributed by atoms with E-state index in [0.29, 0.717) is 41.8 Å². The van der Waals surface area contributed by atoms with Gasteiger partial charge in [0.15, 0.2) is 5.79 Å². The molecule has 0 radical (unpaired) electrons. The summed E-state index contributed by atoms with van der Waals surface area (Å²) in [5, 5.41) is 4.41. The van der Waals surface area contributed by atoms with Crippen LogP contribution >= 0.6 is 0 Å². The molecule has 5 aromatic rings. The highest BCUT2D eigenvalue weighted by Gasteiger charge is 2.55. The first-order valence-corrected chi connectivity index (χ1v) is 18.6. The van der Waals surface area contributed by atoms with Crippen LogP contribution in [0.25, 0.3) is 22.1 Å². The van der Waals surface area contributed by atoms with E-state index in [-0.39, 0.29) is 35.6 Å². The maximum absolute atomic E-state index is 12.7. The number of aryl methyl sites for hydroxylation is 1. The number of anilines is 2. The van der Waals surface area contributed by atoms with Gasteiger partial charge in [-0.3, -0.25) is 0 Å². The Morgan fingerprint density at radius 2 is 1.84 bits per heavy atom. The number of nitrogen functional groups attached to an aromatic ring is 1. The average Bonchev–Trinajstić information content (AvgIpc) is 3.88. The largest absolute Gasteiger partial charge is 0.573 e. The van der Waals surface area contributed by atoms with Crippen molar-refractivity contribution in [3.8, 4) is 17.2 Å². The number of halogens is 3. The van der Waals surface area contributed by atoms with E-state index in [1.165, 1.54) is 6.07 Å². The lowest BCUT2D eigenvalue weighted by atomic mass is 9.76. The van der Waals surface area contributed by atoms with Crippen LogP contribution < -0.4 is 25.3 Å². The van der Waals surface area contributed by atoms with Crippen molar-refractivity contribution in [2.75, 3.05) is 38.9 Å². The number of alkyl halides is 3. The number of hydrogen-bond donors (Lipinski definition) is 3. The van der Waals surface area contributed by atoms with Crippen molar-refractivity contribution in [1.82, 2.24) is 29.4 Å². The van der Waals surface area contributed by atoms with Crippen LogP contribution in [0.4, 0.5) is 24.7 Å². The van der Waals surface area contributed by atoms with Crippen molar-refractivity contribution < 1.29 is 36.9 Å². The summed E-state index contributed by atoms with van der Waals surface area (Å²) in [7, 11) is 5.47. The van der Waals surface area contributed by atoms with Gasteiger partial charge in [-0.1, -0.05) is 0 Å². The van der Waals surface area contributed by atoms with Gasteiger partial charge in [-0.25, -0.2) is 15.0 Å². The SMILES string of the molecule is COc1ccc(CNc2ncnc3c2ccn3[C@@H]2C[C@H](CN(C)C3CC(CCc4nc5cc(OC(F)(F)F)cc(N)c5[nH]4)C3)[C@H]3OC(C)(C)O[C@H]32)c(OC)c1. The zero-order valence-electron chi connectivity index (χ0n) is 31.5. The lowest BCUT2D eigenvalue weighted by Gasteiger charge is -2.42. The van der Waals surface area contributed by atoms with Crippen molar-refractivity contribution in [1.29, 1.82) is 0 Å². The van der Waals surface area contributed by atoms with E-state index in [2.05, 4.69) is 53.8 Å². The van der Waals surface area contributed by atoms with Gasteiger partial charge in [0.25, 0.3) is 0 Å². The van der Waals surface area contributed by atoms with Crippen molar-refractivity contribution in [3.63, 3.8) is 0 Å². The molecule has 4 N–H and O–H groups in total. The van der Waals surface area contributed by atoms with Crippen LogP contribution in [-0.2, 0) is 22.4 Å². The van der Waals surface area contributed by atoms with Gasteiger partial charge in [0.05, 0.1) is 48.5 Å². The molecule has 4 atom stereocenters. The molecule has 2 aliphatic carbocycles. The number of rotatable bonds is 13. The second-order valence-electron chi connectivity index (χ2n) is 15.4. The molecular formula is C39H47F3N8O5. The van der Waals surface area contributed by atoms with Gasteiger partial charge in [-0.05, 0) is 70.7 Å². The highest BCUT2D eigenvalue weighted by atomic mass is 19.4. The quantitative estimate of drug-likeness (QED) is 0.108. The number of hydrogen-bond acceptors (Lipinski definition) is 11. The third-order valence-electron chi connectivity index (χ3n) is 11.4. The molecule has 2 aromatic carbocycles. The van der Waals surface area contributed by atoms with Gasteiger partial charge in [-0.2, -0.15) is 0 Å². The summed E-state index contributed by atoms with van der Waals surface area (Å²) in [6, 6.07) is 10.7. The Labute approximate surface area is 316 Å². The van der Waals surface area contributed by atoms with Gasteiger partial charge < -0.3 is 49.2 Å². The van der Waals surface area contributed by atoms with Crippen molar-refractivity contribution in [2.45, 2.75) is 88.9 Å². The molecule has 0 amide bonds. The van der Waals surface area contributed by atoms with Crippen LogP contribution in [0, 0.1) is 11.8 Å². The van der Waals surface area contributed by atoms with Crippen LogP contribution in [0.3, 0.4) is 0 Å². The van der Waals surface area contributed by atoms with Crippen molar-refractivity contribution in [3.05, 3.63) is 60.3 Å². The fourth-order valence-electron chi connectivity index (χ4n) is 8.70. The second kappa shape index (κ2) is 14.4. The lowest BCUT2D eigenvalue weighted by molar-refractivity contribution is -0.274. The maximum atomic E-state index is 12.7. The number of benzene rings is 2. The second-order valence-corrected chi connectivity index (χ2v) is 15.4. The highest BCUT2D eigenvalue weighted by Crippen LogP contribution is 2.49. The van der Waals surface area contributed by atoms with E-state index in [1.807, 2.05) is 32.0 Å². The van der Waals surface area contributed by atoms with Gasteiger partial charge in [0, 0.05) is 61.4 Å². The Bertz CT molecular complexity index is 2170. The molecular weight excluding hydrogens is 717 g/mol. The molecule has 1 aliphatic heterocycles. The van der Waals surface area contributed by atoms with E-state index in [0.717, 1.165) is 72.2 Å². The van der Waals surface area contributed by atoms with Crippen molar-refractivity contribution >= 4 is 33.6 Å². The molecule has 13 nitrogen and oxygen atoms in total. The Balaban J connectivity index is 0.895. The number of nitrogens with zero attached hydrogens (tertiary/aromatic N) is 5. The summed E-state index contributed by atoms with van der Waals surface area (Å²) in [5.74, 6) is 2.62. The minimum Gasteiger partial charge on any atom is -0.497 e. The first-order valence-electron chi connectivity index (χ1n) is 18.6. The van der Waals surface area contributed by atoms with E-state index >= 15 is 0 Å². The number of aromatic nitrogens is 5. The van der Waals surface area contributed by atoms with Crippen LogP contribution in [0.1, 0.15) is 57.0 Å². The molecule has 294 valence electrons. The minimum atomic E-state index is -4.80. The molecule has 3 aliphatic rings. The molecule has 4 heterocycles. The molecule has 0 unspecified atom stereocenters. The molecule has 8 rings (SSSR count). The number of aromatic amines is 1. The fourth-order valence-corrected chi connectivity index (χ4v) is 8.70. The third-order valence-corrected chi connectivity index (χ3v) is 11.4. The maximum Gasteiger partial charge on any atom is 0.573 e. The normalized spacial score (nSPS) is 24.7. The Morgan fingerprint density at radius 1 is 1.04 bits per heavy atom. The van der Waals surface area contributed by atoms with E-state index in [9.17, 15) is 13.2 Å². The smallest absolute Gasteiger partial charge is 0.497 e. The first-order chi connectivity index (χ1) is 26.3. The molecule has 55 heavy (non-hydrogen) atoms. The van der Waals surface area contributed by atoms with Crippen LogP contribution in [0.15, 0.2) is 48.9 Å². The van der Waals surface area contributed by atoms with Crippen LogP contribution in [0.2, 0.25) is 0 Å². The zero-order valence-corrected chi connectivity index (χ0v) is 31.5. The topological polar surface area (TPSA) is 147 Å². The standard InChI is InChI=1S/C39H47F3N8O5/c1-38(2)54-34-23(19-49(3)24-12-21(13-24)6-9-32-47-29-16-26(53-39(40,41)42)15-28(43)33(29)48-32)14-30(35(34)55-38)50-11-10-27-36(45-20-46-37(27)50)44-18-22-7-8-25(51-4)17-31(22)52-5/h7-8,10-11,15-17,20-21,23-24,30,34-35H,6,9,12-14,18-19,43H2,1-5H3,(H,47,48)(H,44,45,46)/t21?,23-,24?,30-,34-,35+/m1/s1. The third kappa shape index (κ3) is 7.59. The molecule has 0 bridgehead atoms. The summed E-state index contributed by atoms with van der Waals surface area (Å²) in [6.45, 7) is 5.36. The molecule has 2 saturated carbocycles. The number of nitrogens with two attached hydrogens (primary N) is 1. The van der Waals surface area contributed by atoms with Gasteiger partial charge in [0.1, 0.15) is 47.0 Å². The summed E-state index contributed by atoms with van der Waals surface area (Å²) in [5.41, 5.74) is 8.87. The highest BCUT2D eigenvalue weighted by molar-refractivity contribution is 5.89. The number of ether oxygens (including phenoxy) is 5. The van der Waals surface area contributed by atoms with E-state index < -0.39 is 12.1 Å². The van der Waals surface area contributed by atoms with Gasteiger partial charge in [0.2, 0.25) is 0 Å². The Kier molecular flexibility index (Phi) is 9.70. The summed E-state index contributed by atoms with van der Waals surface area (Å²) >= 11 is 0. The van der Waals surface area contributed by atoms with Crippen LogP contribution in [0.5, 0.6) is 17.2 Å². The van der Waals surface area contributed by atoms with E-state index in [1.54, 1.807) is 20.5 Å². The molecule has 3 aromatic heterocycles. The Morgan fingerprint density at radius 3 is 2.60 bits per heavy atom. The number of imidazole rings is 1. The average molecular weight is 765 g/mol. The minimum absolute atomic E-state index is 0.0372. The summed E-state index contributed by atoms with van der Waals surface area (Å²) in [6.07, 6.45) is 3.32. The molecule has 3 fully saturated rings. The number of methoxy groups -OCH3 is 2. The number of nitrogens with one attached hydrogen (secondary N) is 2. The predicted octanol–water partition coefficient (Wildman–Crippen LogP) is 6.84. The fraction of sp³-hybridized carbons (Fsp3) is 0.513. The monoisotopic (exact) mass is 764 g/mol. The Hall–Kier alpha value is -4.80. The lowest BCUT2D eigenvalue weighted by Crippen LogP contribution is -2.46. The van der Waals surface area contributed by atoms with Gasteiger partial charge in [-0.15, -0.1) is 13.2 Å². The molecule has 1 saturated heterocycles. The van der Waals surface area contributed by atoms with E-state index in [4.69, 9.17) is 29.7 Å². The first kappa shape index (κ1) is 37.1. The predicted molar refractivity (Wildman–Crippen MR) is 200 cm³/mol. The summed E-state index contributed by atoms with van der Waals surface area (Å²) in [4.78, 5) is 19.5. The number of fused-ring (bicyclic) bond motifs is 3. The zero-order chi connectivity index (χ0) is 38.6. The molecule has 0 spiro atoms. The summed E-state index contributed by atoms with van der Waals surface area (Å²) < 4.78 is 68.6. The van der Waals surface area contributed by atoms with Crippen LogP contribution in [-0.4, -0.2) is 87.6 Å². The number of H-pyrrole nitrogens is 1. The molecule has 16 heteroatoms. The van der Waals surface area contributed by atoms with Crippen molar-refractivity contribution in [2.24, 2.45) is 11.8 Å². The van der Waals surface area contributed by atoms with Gasteiger partial charge >= 0.3 is 6.36 Å².